The predicted octanol–water partition coefficient (Wildman–Crippen LogP) is 2.25. The van der Waals surface area contributed by atoms with Crippen LogP contribution in [-0.4, -0.2) is 28.4 Å². The molecule has 2 aromatic rings. The van der Waals surface area contributed by atoms with E-state index in [1.54, 1.807) is 0 Å². The zero-order valence-corrected chi connectivity index (χ0v) is 12.6. The van der Waals surface area contributed by atoms with Crippen molar-refractivity contribution in [3.05, 3.63) is 41.5 Å². The molecule has 0 saturated carbocycles. The summed E-state index contributed by atoms with van der Waals surface area (Å²) in [5.41, 5.74) is 1.14. The number of para-hydroxylation sites is 1. The summed E-state index contributed by atoms with van der Waals surface area (Å²) in [5, 5.41) is 7.76. The van der Waals surface area contributed by atoms with Gasteiger partial charge >= 0.3 is 0 Å². The first-order chi connectivity index (χ1) is 9.65. The highest BCUT2D eigenvalue weighted by atomic mass is 16.5. The van der Waals surface area contributed by atoms with Gasteiger partial charge in [0.05, 0.1) is 19.2 Å². The van der Waals surface area contributed by atoms with Gasteiger partial charge < -0.3 is 10.1 Å². The van der Waals surface area contributed by atoms with Crippen LogP contribution in [-0.2, 0) is 6.54 Å². The Morgan fingerprint density at radius 1 is 1.30 bits per heavy atom. The van der Waals surface area contributed by atoms with Crippen molar-refractivity contribution in [3.8, 4) is 5.75 Å². The van der Waals surface area contributed by atoms with Gasteiger partial charge in [-0.05, 0) is 33.9 Å². The second-order valence-electron chi connectivity index (χ2n) is 4.70. The smallest absolute Gasteiger partial charge is 0.147 e. The fourth-order valence-corrected chi connectivity index (χ4v) is 2.31. The van der Waals surface area contributed by atoms with Crippen molar-refractivity contribution in [1.29, 1.82) is 0 Å². The van der Waals surface area contributed by atoms with Crippen LogP contribution >= 0.6 is 0 Å². The number of nitrogens with one attached hydrogen (secondary N) is 1. The first-order valence-corrected chi connectivity index (χ1v) is 6.92. The number of aromatic nitrogens is 3. The van der Waals surface area contributed by atoms with E-state index in [1.165, 1.54) is 0 Å². The molecule has 0 saturated heterocycles. The largest absolute Gasteiger partial charge is 0.494 e. The lowest BCUT2D eigenvalue weighted by Gasteiger charge is -2.20. The molecular formula is C15H22N4O. The van der Waals surface area contributed by atoms with Crippen molar-refractivity contribution < 1.29 is 4.74 Å². The average Bonchev–Trinajstić information content (AvgIpc) is 2.75. The summed E-state index contributed by atoms with van der Waals surface area (Å²) in [4.78, 5) is 4.34. The topological polar surface area (TPSA) is 52.0 Å². The number of nitrogens with zero attached hydrogens (tertiary/aromatic N) is 3. The highest BCUT2D eigenvalue weighted by Gasteiger charge is 2.16. The van der Waals surface area contributed by atoms with Gasteiger partial charge in [-0.15, -0.1) is 0 Å². The Kier molecular flexibility index (Phi) is 4.74. The molecule has 0 spiro atoms. The molecular weight excluding hydrogens is 252 g/mol. The van der Waals surface area contributed by atoms with Crippen LogP contribution in [0.4, 0.5) is 0 Å². The SMILES string of the molecule is CCOc1ccccc1C(Cn1nc(C)nc1C)NC. The molecule has 1 unspecified atom stereocenters. The van der Waals surface area contributed by atoms with Gasteiger partial charge in [-0.3, -0.25) is 0 Å². The maximum absolute atomic E-state index is 5.71. The van der Waals surface area contributed by atoms with Crippen molar-refractivity contribution in [3.63, 3.8) is 0 Å². The molecule has 0 radical (unpaired) electrons. The van der Waals surface area contributed by atoms with Crippen LogP contribution in [0.5, 0.6) is 5.75 Å². The molecule has 0 bridgehead atoms. The van der Waals surface area contributed by atoms with Crippen molar-refractivity contribution in [2.75, 3.05) is 13.7 Å². The molecule has 20 heavy (non-hydrogen) atoms. The summed E-state index contributed by atoms with van der Waals surface area (Å²) in [6.07, 6.45) is 0. The van der Waals surface area contributed by atoms with Crippen LogP contribution in [0.2, 0.25) is 0 Å². The second kappa shape index (κ2) is 6.52. The summed E-state index contributed by atoms with van der Waals surface area (Å²) < 4.78 is 7.64. The fourth-order valence-electron chi connectivity index (χ4n) is 2.31. The number of benzene rings is 1. The van der Waals surface area contributed by atoms with Gasteiger partial charge in [0.25, 0.3) is 0 Å². The van der Waals surface area contributed by atoms with Gasteiger partial charge in [-0.2, -0.15) is 5.10 Å². The summed E-state index contributed by atoms with van der Waals surface area (Å²) in [6.45, 7) is 7.27. The minimum absolute atomic E-state index is 0.137. The molecule has 108 valence electrons. The standard InChI is InChI=1S/C15H22N4O/c1-5-20-15-9-7-6-8-13(15)14(16-4)10-19-12(3)17-11(2)18-19/h6-9,14,16H,5,10H2,1-4H3. The number of aryl methyl sites for hydroxylation is 2. The number of likely N-dealkylation sites (N-methyl/N-ethyl adjacent to an activating group) is 1. The molecule has 1 atom stereocenters. The second-order valence-corrected chi connectivity index (χ2v) is 4.70. The Balaban J connectivity index is 2.26. The van der Waals surface area contributed by atoms with E-state index in [9.17, 15) is 0 Å². The lowest BCUT2D eigenvalue weighted by Crippen LogP contribution is -2.24. The lowest BCUT2D eigenvalue weighted by molar-refractivity contribution is 0.328. The van der Waals surface area contributed by atoms with Crippen LogP contribution in [0.3, 0.4) is 0 Å². The first kappa shape index (κ1) is 14.5. The molecule has 1 aromatic carbocycles. The monoisotopic (exact) mass is 274 g/mol. The number of rotatable bonds is 6. The summed E-state index contributed by atoms with van der Waals surface area (Å²) in [7, 11) is 1.95. The Morgan fingerprint density at radius 3 is 2.65 bits per heavy atom. The molecule has 5 heteroatoms. The van der Waals surface area contributed by atoms with Crippen LogP contribution in [0, 0.1) is 13.8 Å². The molecule has 0 aliphatic rings. The maximum Gasteiger partial charge on any atom is 0.147 e. The van der Waals surface area contributed by atoms with E-state index in [-0.39, 0.29) is 6.04 Å². The predicted molar refractivity (Wildman–Crippen MR) is 78.9 cm³/mol. The highest BCUT2D eigenvalue weighted by Crippen LogP contribution is 2.26. The Bertz CT molecular complexity index is 565. The quantitative estimate of drug-likeness (QED) is 0.878. The summed E-state index contributed by atoms with van der Waals surface area (Å²) >= 11 is 0. The lowest BCUT2D eigenvalue weighted by atomic mass is 10.1. The molecule has 2 rings (SSSR count). The molecule has 0 aliphatic carbocycles. The van der Waals surface area contributed by atoms with E-state index in [0.29, 0.717) is 6.61 Å². The van der Waals surface area contributed by atoms with E-state index in [4.69, 9.17) is 4.74 Å². The van der Waals surface area contributed by atoms with Crippen LogP contribution in [0.25, 0.3) is 0 Å². The average molecular weight is 274 g/mol. The van der Waals surface area contributed by atoms with Crippen LogP contribution < -0.4 is 10.1 Å². The Labute approximate surface area is 120 Å². The van der Waals surface area contributed by atoms with E-state index in [1.807, 2.05) is 50.7 Å². The zero-order valence-electron chi connectivity index (χ0n) is 12.6. The van der Waals surface area contributed by atoms with Crippen molar-refractivity contribution in [2.24, 2.45) is 0 Å². The van der Waals surface area contributed by atoms with Gasteiger partial charge in [-0.1, -0.05) is 18.2 Å². The minimum atomic E-state index is 0.137. The van der Waals surface area contributed by atoms with Gasteiger partial charge in [0.1, 0.15) is 17.4 Å². The fraction of sp³-hybridized carbons (Fsp3) is 0.467. The molecule has 1 aromatic heterocycles. The van der Waals surface area contributed by atoms with Crippen LogP contribution in [0.15, 0.2) is 24.3 Å². The third-order valence-electron chi connectivity index (χ3n) is 3.26. The van der Waals surface area contributed by atoms with Gasteiger partial charge in [0.15, 0.2) is 0 Å². The third-order valence-corrected chi connectivity index (χ3v) is 3.26. The Hall–Kier alpha value is -1.88. The minimum Gasteiger partial charge on any atom is -0.494 e. The van der Waals surface area contributed by atoms with Gasteiger partial charge in [-0.25, -0.2) is 9.67 Å². The van der Waals surface area contributed by atoms with Crippen molar-refractivity contribution >= 4 is 0 Å². The Morgan fingerprint density at radius 2 is 2.05 bits per heavy atom. The molecule has 5 nitrogen and oxygen atoms in total. The molecule has 0 fully saturated rings. The molecule has 0 aliphatic heterocycles. The van der Waals surface area contributed by atoms with E-state index in [0.717, 1.165) is 29.5 Å². The number of hydrogen-bond donors (Lipinski definition) is 1. The summed E-state index contributed by atoms with van der Waals surface area (Å²) in [5.74, 6) is 2.65. The molecule has 1 N–H and O–H groups in total. The first-order valence-electron chi connectivity index (χ1n) is 6.92. The van der Waals surface area contributed by atoms with Crippen LogP contribution in [0.1, 0.15) is 30.2 Å². The van der Waals surface area contributed by atoms with Gasteiger partial charge in [0.2, 0.25) is 0 Å². The summed E-state index contributed by atoms with van der Waals surface area (Å²) in [6, 6.07) is 8.25. The van der Waals surface area contributed by atoms with Crippen molar-refractivity contribution in [1.82, 2.24) is 20.1 Å². The van der Waals surface area contributed by atoms with E-state index >= 15 is 0 Å². The molecule has 1 heterocycles. The number of hydrogen-bond acceptors (Lipinski definition) is 4. The van der Waals surface area contributed by atoms with Crippen molar-refractivity contribution in [2.45, 2.75) is 33.4 Å². The third kappa shape index (κ3) is 3.17. The maximum atomic E-state index is 5.71. The highest BCUT2D eigenvalue weighted by molar-refractivity contribution is 5.35. The zero-order chi connectivity index (χ0) is 14.5. The van der Waals surface area contributed by atoms with Gasteiger partial charge in [0, 0.05) is 5.56 Å². The van der Waals surface area contributed by atoms with E-state index in [2.05, 4.69) is 21.5 Å². The normalized spacial score (nSPS) is 12.4. The molecule has 0 amide bonds. The van der Waals surface area contributed by atoms with E-state index < -0.39 is 0 Å². The number of ether oxygens (including phenoxy) is 1.